The van der Waals surface area contributed by atoms with Gasteiger partial charge in [-0.1, -0.05) is 23.2 Å². The van der Waals surface area contributed by atoms with Crippen LogP contribution in [0.15, 0.2) is 17.2 Å². The number of nitrogens with zero attached hydrogens (tertiary/aromatic N) is 7. The summed E-state index contributed by atoms with van der Waals surface area (Å²) in [6.07, 6.45) is 0.368. The minimum atomic E-state index is -0.919. The van der Waals surface area contributed by atoms with E-state index < -0.39 is 11.7 Å². The molecule has 0 fully saturated rings. The summed E-state index contributed by atoms with van der Waals surface area (Å²) in [7, 11) is 1.48. The number of likely N-dealkylation sites (N-methyl/N-ethyl adjacent to an activating group) is 1. The molecule has 0 bridgehead atoms. The summed E-state index contributed by atoms with van der Waals surface area (Å²) in [5, 5.41) is 22.6. The van der Waals surface area contributed by atoms with Crippen LogP contribution in [-0.2, 0) is 17.9 Å². The Kier molecular flexibility index (Phi) is 5.25. The Morgan fingerprint density at radius 2 is 2.17 bits per heavy atom. The summed E-state index contributed by atoms with van der Waals surface area (Å²) in [6, 6.07) is 1.58. The van der Waals surface area contributed by atoms with Crippen molar-refractivity contribution in [3.8, 4) is 5.88 Å². The number of ether oxygens (including phenoxy) is 1. The summed E-state index contributed by atoms with van der Waals surface area (Å²) in [4.78, 5) is 31.5. The molecule has 0 unspecified atom stereocenters. The van der Waals surface area contributed by atoms with Gasteiger partial charge in [0.1, 0.15) is 16.8 Å². The molecule has 3 aromatic heterocycles. The smallest absolute Gasteiger partial charge is 0.281 e. The molecule has 152 valence electrons. The van der Waals surface area contributed by atoms with Crippen LogP contribution in [0.3, 0.4) is 0 Å². The average molecular weight is 458 g/mol. The van der Waals surface area contributed by atoms with Crippen LogP contribution in [0.2, 0.25) is 9.36 Å². The van der Waals surface area contributed by atoms with E-state index >= 15 is 0 Å². The van der Waals surface area contributed by atoms with Crippen molar-refractivity contribution in [2.24, 2.45) is 0 Å². The van der Waals surface area contributed by atoms with Gasteiger partial charge in [0.05, 0.1) is 18.1 Å². The van der Waals surface area contributed by atoms with Gasteiger partial charge in [0.2, 0.25) is 5.88 Å². The molecule has 4 heterocycles. The molecule has 0 aliphatic carbocycles. The minimum absolute atomic E-state index is 0.0199. The van der Waals surface area contributed by atoms with Gasteiger partial charge >= 0.3 is 0 Å². The molecule has 11 nitrogen and oxygen atoms in total. The Morgan fingerprint density at radius 1 is 1.38 bits per heavy atom. The molecule has 1 N–H and O–H groups in total. The molecule has 14 heteroatoms. The zero-order valence-electron chi connectivity index (χ0n) is 14.8. The van der Waals surface area contributed by atoms with Crippen molar-refractivity contribution >= 4 is 46.1 Å². The lowest BCUT2D eigenvalue weighted by molar-refractivity contribution is -0.121. The van der Waals surface area contributed by atoms with E-state index in [0.29, 0.717) is 14.2 Å². The number of aromatic nitrogens is 6. The van der Waals surface area contributed by atoms with Crippen LogP contribution in [0, 0.1) is 0 Å². The number of amides is 1. The predicted octanol–water partition coefficient (Wildman–Crippen LogP) is 0.735. The second-order valence-corrected chi connectivity index (χ2v) is 8.21. The van der Waals surface area contributed by atoms with Crippen molar-refractivity contribution in [3.63, 3.8) is 0 Å². The van der Waals surface area contributed by atoms with Crippen molar-refractivity contribution < 1.29 is 14.6 Å². The predicted molar refractivity (Wildman–Crippen MR) is 104 cm³/mol. The van der Waals surface area contributed by atoms with E-state index in [1.165, 1.54) is 27.6 Å². The third kappa shape index (κ3) is 3.83. The Morgan fingerprint density at radius 3 is 2.90 bits per heavy atom. The first kappa shape index (κ1) is 19.8. The van der Waals surface area contributed by atoms with Gasteiger partial charge in [-0.2, -0.15) is 4.80 Å². The Labute approximate surface area is 177 Å². The molecule has 29 heavy (non-hydrogen) atoms. The van der Waals surface area contributed by atoms with E-state index in [0.717, 1.165) is 11.3 Å². The molecular formula is C15H13Cl2N7O4S. The fraction of sp³-hybridized carbons (Fsp3) is 0.333. The van der Waals surface area contributed by atoms with E-state index in [4.69, 9.17) is 27.9 Å². The maximum Gasteiger partial charge on any atom is 0.281 e. The Bertz CT molecular complexity index is 1120. The third-order valence-corrected chi connectivity index (χ3v) is 6.12. The number of anilines is 1. The second kappa shape index (κ2) is 7.71. The number of carbonyl (C=O) groups is 1. The van der Waals surface area contributed by atoms with Crippen LogP contribution >= 0.6 is 34.5 Å². The molecule has 0 saturated carbocycles. The highest BCUT2D eigenvalue weighted by Gasteiger charge is 2.27. The summed E-state index contributed by atoms with van der Waals surface area (Å²) < 4.78 is 6.82. The normalized spacial score (nSPS) is 14.6. The molecule has 1 aliphatic rings. The molecule has 0 aromatic carbocycles. The van der Waals surface area contributed by atoms with Crippen molar-refractivity contribution in [2.45, 2.75) is 19.2 Å². The van der Waals surface area contributed by atoms with E-state index in [9.17, 15) is 14.7 Å². The molecule has 0 saturated heterocycles. The van der Waals surface area contributed by atoms with Gasteiger partial charge in [-0.3, -0.25) is 14.2 Å². The van der Waals surface area contributed by atoms with Gasteiger partial charge in [0.15, 0.2) is 18.1 Å². The average Bonchev–Trinajstić information content (AvgIpc) is 3.26. The van der Waals surface area contributed by atoms with Crippen LogP contribution in [0.4, 0.5) is 5.69 Å². The fourth-order valence-electron chi connectivity index (χ4n) is 2.66. The highest BCUT2D eigenvalue weighted by Crippen LogP contribution is 2.35. The summed E-state index contributed by atoms with van der Waals surface area (Å²) in [5.74, 6) is -0.0173. The number of halogens is 2. The van der Waals surface area contributed by atoms with E-state index in [-0.39, 0.29) is 43.0 Å². The molecule has 1 amide bonds. The Hall–Kier alpha value is -2.54. The highest BCUT2D eigenvalue weighted by atomic mass is 35.5. The monoisotopic (exact) mass is 457 g/mol. The number of carbonyl (C=O) groups excluding carboxylic acids is 1. The van der Waals surface area contributed by atoms with Gasteiger partial charge in [-0.15, -0.1) is 21.5 Å². The van der Waals surface area contributed by atoms with Crippen molar-refractivity contribution in [2.75, 3.05) is 18.6 Å². The third-order valence-electron chi connectivity index (χ3n) is 4.16. The number of rotatable bonds is 5. The molecule has 4 rings (SSSR count). The number of fused-ring (bicyclic) bond motifs is 1. The van der Waals surface area contributed by atoms with Gasteiger partial charge in [0, 0.05) is 11.9 Å². The highest BCUT2D eigenvalue weighted by molar-refractivity contribution is 7.17. The molecule has 0 spiro atoms. The lowest BCUT2D eigenvalue weighted by Crippen LogP contribution is -2.41. The lowest BCUT2D eigenvalue weighted by Gasteiger charge is -2.24. The maximum absolute atomic E-state index is 12.7. The first-order chi connectivity index (χ1) is 13.8. The lowest BCUT2D eigenvalue weighted by atomic mass is 10.3. The largest absolute Gasteiger partial charge is 0.466 e. The van der Waals surface area contributed by atoms with Crippen LogP contribution in [0.1, 0.15) is 16.8 Å². The minimum Gasteiger partial charge on any atom is -0.466 e. The van der Waals surface area contributed by atoms with Crippen molar-refractivity contribution in [1.29, 1.82) is 0 Å². The van der Waals surface area contributed by atoms with Crippen molar-refractivity contribution in [1.82, 2.24) is 29.8 Å². The zero-order chi connectivity index (χ0) is 20.7. The van der Waals surface area contributed by atoms with Gasteiger partial charge < -0.3 is 14.7 Å². The number of hydrogen-bond donors (Lipinski definition) is 1. The topological polar surface area (TPSA) is 128 Å². The number of aliphatic hydroxyl groups excluding tert-OH is 1. The summed E-state index contributed by atoms with van der Waals surface area (Å²) >= 11 is 13.0. The number of aliphatic hydroxyl groups is 1. The molecule has 3 aromatic rings. The summed E-state index contributed by atoms with van der Waals surface area (Å²) in [5.41, 5.74) is -0.414. The van der Waals surface area contributed by atoms with Crippen molar-refractivity contribution in [3.05, 3.63) is 42.8 Å². The molecule has 0 radical (unpaired) electrons. The van der Waals surface area contributed by atoms with Crippen LogP contribution in [0.5, 0.6) is 5.88 Å². The van der Waals surface area contributed by atoms with Crippen LogP contribution in [0.25, 0.3) is 0 Å². The standard InChI is InChI=1S/C15H13Cl2N7O4S/c1-22-11(26)5-28-14-12(22)15(27)23(6-18-14)4-10-19-21-24(20-10)3-8(25)9-2-7(16)13(17)29-9/h2,6,8,25H,3-5H2,1H3/t8-/m0/s1. The van der Waals surface area contributed by atoms with Crippen LogP contribution in [-0.4, -0.2) is 54.4 Å². The fourth-order valence-corrected chi connectivity index (χ4v) is 4.03. The van der Waals surface area contributed by atoms with Crippen LogP contribution < -0.4 is 15.2 Å². The first-order valence-corrected chi connectivity index (χ1v) is 9.79. The van der Waals surface area contributed by atoms with E-state index in [2.05, 4.69) is 20.4 Å². The van der Waals surface area contributed by atoms with E-state index in [1.807, 2.05) is 0 Å². The van der Waals surface area contributed by atoms with Gasteiger partial charge in [-0.05, 0) is 11.3 Å². The quantitative estimate of drug-likeness (QED) is 0.593. The van der Waals surface area contributed by atoms with Gasteiger partial charge in [0.25, 0.3) is 11.5 Å². The molecule has 1 aliphatic heterocycles. The van der Waals surface area contributed by atoms with E-state index in [1.54, 1.807) is 6.07 Å². The van der Waals surface area contributed by atoms with Gasteiger partial charge in [-0.25, -0.2) is 4.98 Å². The Balaban J connectivity index is 1.51. The zero-order valence-corrected chi connectivity index (χ0v) is 17.1. The second-order valence-electron chi connectivity index (χ2n) is 6.12. The number of thiophene rings is 1. The number of tetrazole rings is 1. The maximum atomic E-state index is 12.7. The first-order valence-electron chi connectivity index (χ1n) is 8.21. The number of hydrogen-bond acceptors (Lipinski definition) is 9. The summed E-state index contributed by atoms with van der Waals surface area (Å²) in [6.45, 7) is -0.157. The molecular weight excluding hydrogens is 445 g/mol. The molecule has 1 atom stereocenters. The SMILES string of the molecule is CN1C(=O)COc2ncn(Cc3nnn(C[C@H](O)c4cc(Cl)c(Cl)s4)n3)c(=O)c21.